The maximum atomic E-state index is 2.69. The molecule has 9 aromatic carbocycles. The molecule has 0 aliphatic carbocycles. The first-order chi connectivity index (χ1) is 48.7. The fourth-order valence-corrected chi connectivity index (χ4v) is 22.6. The fraction of sp³-hybridized carbons (Fsp3) is 0.217. The zero-order valence-electron chi connectivity index (χ0n) is 59.0. The maximum absolute atomic E-state index is 2.69. The number of nitrogens with zero attached hydrogens (tertiary/aromatic N) is 9. The largest absolute Gasteiger partial charge is 0.394 e. The number of para-hydroxylation sites is 4. The molecule has 2 atom stereocenters. The van der Waals surface area contributed by atoms with E-state index < -0.39 is 11.3 Å². The van der Waals surface area contributed by atoms with E-state index in [-0.39, 0.29) is 32.5 Å². The Morgan fingerprint density at radius 3 is 1.22 bits per heavy atom. The molecule has 0 saturated carbocycles. The predicted octanol–water partition coefficient (Wildman–Crippen LogP) is 18.8. The Hall–Kier alpha value is -11.2. The molecule has 12 aliphatic heterocycles. The van der Waals surface area contributed by atoms with Crippen molar-refractivity contribution in [3.05, 3.63) is 326 Å². The Bertz CT molecular complexity index is 6210. The van der Waals surface area contributed by atoms with Crippen LogP contribution in [0.1, 0.15) is 172 Å². The van der Waals surface area contributed by atoms with Crippen LogP contribution >= 0.6 is 0 Å². The van der Waals surface area contributed by atoms with E-state index in [2.05, 4.69) is 363 Å². The highest BCUT2D eigenvalue weighted by Crippen LogP contribution is 2.73. The van der Waals surface area contributed by atoms with E-state index in [0.29, 0.717) is 0 Å². The Morgan fingerprint density at radius 2 is 0.663 bits per heavy atom. The minimum Gasteiger partial charge on any atom is -0.308 e. The molecule has 0 fully saturated rings. The predicted molar refractivity (Wildman–Crippen MR) is 399 cm³/mol. The number of benzene rings is 9. The van der Waals surface area contributed by atoms with Gasteiger partial charge in [0.15, 0.2) is 17.6 Å². The number of aromatic nitrogens is 5. The maximum Gasteiger partial charge on any atom is 0.394 e. The van der Waals surface area contributed by atoms with Crippen LogP contribution in [0.2, 0.25) is 0 Å². The van der Waals surface area contributed by atoms with Crippen LogP contribution < -0.4 is 38.0 Å². The van der Waals surface area contributed by atoms with Gasteiger partial charge in [0.25, 0.3) is 11.6 Å². The monoisotopic (exact) mass is 1310 g/mol. The molecule has 101 heavy (non-hydrogen) atoms. The first-order valence-electron chi connectivity index (χ1n) is 36.4. The van der Waals surface area contributed by atoms with Crippen molar-refractivity contribution in [1.29, 1.82) is 0 Å². The van der Waals surface area contributed by atoms with Crippen LogP contribution in [0.25, 0.3) is 28.1 Å². The van der Waals surface area contributed by atoms with Gasteiger partial charge in [0.2, 0.25) is 11.9 Å². The summed E-state index contributed by atoms with van der Waals surface area (Å²) in [7, 11) is 0. The van der Waals surface area contributed by atoms with Gasteiger partial charge in [-0.1, -0.05) is 203 Å². The minimum atomic E-state index is -0.689. The summed E-state index contributed by atoms with van der Waals surface area (Å²) >= 11 is 0. The van der Waals surface area contributed by atoms with Crippen molar-refractivity contribution in [2.75, 3.05) is 19.6 Å². The number of hydrogen-bond donors (Lipinski definition) is 0. The molecule has 0 saturated heterocycles. The van der Waals surface area contributed by atoms with E-state index in [0.717, 1.165) is 0 Å². The number of rotatable bonds is 1. The molecule has 9 heteroatoms. The van der Waals surface area contributed by atoms with Crippen LogP contribution in [0.3, 0.4) is 0 Å². The Labute approximate surface area is 588 Å². The second-order valence-corrected chi connectivity index (χ2v) is 33.8. The number of anilines is 12. The van der Waals surface area contributed by atoms with Gasteiger partial charge in [-0.3, -0.25) is 0 Å². The molecule has 4 aromatic heterocycles. The average Bonchev–Trinajstić information content (AvgIpc) is 1.62. The smallest absolute Gasteiger partial charge is 0.308 e. The molecule has 13 aromatic rings. The summed E-state index contributed by atoms with van der Waals surface area (Å²) in [6, 6.07) is 78.6. The van der Waals surface area contributed by atoms with Crippen LogP contribution in [0.4, 0.5) is 68.5 Å². The van der Waals surface area contributed by atoms with Crippen LogP contribution in [-0.2, 0) is 43.8 Å². The van der Waals surface area contributed by atoms with Gasteiger partial charge >= 0.3 is 11.3 Å². The van der Waals surface area contributed by atoms with Crippen LogP contribution in [0, 0.1) is 0 Å². The highest BCUT2D eigenvalue weighted by atomic mass is 15.6. The van der Waals surface area contributed by atoms with E-state index >= 15 is 0 Å². The quantitative estimate of drug-likeness (QED) is 0.153. The molecule has 484 valence electrons. The van der Waals surface area contributed by atoms with Crippen molar-refractivity contribution in [2.45, 2.75) is 127 Å². The molecular formula is C92H75N9+4. The lowest BCUT2D eigenvalue weighted by Crippen LogP contribution is -2.78. The normalized spacial score (nSPS) is 21.1. The van der Waals surface area contributed by atoms with Crippen molar-refractivity contribution < 1.29 is 18.4 Å². The van der Waals surface area contributed by atoms with Crippen molar-refractivity contribution in [1.82, 2.24) is 4.68 Å². The molecule has 0 N–H and O–H groups in total. The lowest BCUT2D eigenvalue weighted by atomic mass is 9.61. The van der Waals surface area contributed by atoms with Gasteiger partial charge in [0.1, 0.15) is 39.3 Å². The molecule has 2 unspecified atom stereocenters. The molecule has 0 amide bonds. The molecule has 9 nitrogen and oxygen atoms in total. The molecule has 25 rings (SSSR count). The zero-order valence-corrected chi connectivity index (χ0v) is 59.0. The third-order valence-corrected chi connectivity index (χ3v) is 27.2. The summed E-state index contributed by atoms with van der Waals surface area (Å²) in [6.45, 7) is 29.3. The van der Waals surface area contributed by atoms with Gasteiger partial charge in [-0.2, -0.15) is 18.9 Å². The van der Waals surface area contributed by atoms with Gasteiger partial charge in [-0.15, -0.1) is 9.25 Å². The lowest BCUT2D eigenvalue weighted by molar-refractivity contribution is -0.991. The third-order valence-electron chi connectivity index (χ3n) is 27.2. The van der Waals surface area contributed by atoms with Crippen molar-refractivity contribution in [3.63, 3.8) is 0 Å². The SMILES string of the molecule is CC1(C)c2ccccc2N2c3cccc4c3C3(c5c2c1cc1c5N2c5c(cccc5C(C)(C)c5ccc[n+]3c52)C1(C)C)[n+]1cc(-c2ccccc2)cn1-4.CC1(C)c2ccccc2N2c3cccc4c3C3(c5c2c1cc1c5N2c5c(cccc5C(C)(C)c5ccc[n+]3c52)C1(C)C)[n+]1ccccc1-4. The average molecular weight is 1310 g/mol. The second kappa shape index (κ2) is 16.8. The van der Waals surface area contributed by atoms with Crippen LogP contribution in [0.15, 0.2) is 237 Å². The summed E-state index contributed by atoms with van der Waals surface area (Å²) in [4.78, 5) is 10.6. The molecule has 2 spiro atoms. The van der Waals surface area contributed by atoms with Crippen molar-refractivity contribution in [3.8, 4) is 28.1 Å². The summed E-state index contributed by atoms with van der Waals surface area (Å²) in [5.41, 5.74) is 39.0. The van der Waals surface area contributed by atoms with E-state index in [1.54, 1.807) is 0 Å². The van der Waals surface area contributed by atoms with E-state index in [1.807, 2.05) is 0 Å². The van der Waals surface area contributed by atoms with E-state index in [9.17, 15) is 0 Å². The number of hydrogen-bond acceptors (Lipinski definition) is 4. The van der Waals surface area contributed by atoms with E-state index in [1.165, 1.54) is 186 Å². The molecule has 16 heterocycles. The summed E-state index contributed by atoms with van der Waals surface area (Å²) < 4.78 is 13.0. The molecule has 0 bridgehead atoms. The summed E-state index contributed by atoms with van der Waals surface area (Å²) in [5.74, 6) is 2.57. The van der Waals surface area contributed by atoms with Gasteiger partial charge in [0, 0.05) is 78.0 Å². The van der Waals surface area contributed by atoms with Gasteiger partial charge in [-0.25, -0.2) is 0 Å². The fourth-order valence-electron chi connectivity index (χ4n) is 22.6. The highest BCUT2D eigenvalue weighted by Gasteiger charge is 2.76. The van der Waals surface area contributed by atoms with Crippen molar-refractivity contribution in [2.24, 2.45) is 0 Å². The first-order valence-corrected chi connectivity index (χ1v) is 36.4. The van der Waals surface area contributed by atoms with Crippen LogP contribution in [0.5, 0.6) is 0 Å². The van der Waals surface area contributed by atoms with Crippen LogP contribution in [-0.4, -0.2) is 4.68 Å². The highest BCUT2D eigenvalue weighted by molar-refractivity contribution is 6.05. The van der Waals surface area contributed by atoms with E-state index in [4.69, 9.17) is 0 Å². The Kier molecular flexibility index (Phi) is 9.28. The molecule has 12 aliphatic rings. The summed E-state index contributed by atoms with van der Waals surface area (Å²) in [5, 5.41) is 0. The molecular weight excluding hydrogens is 1230 g/mol. The minimum absolute atomic E-state index is 0.178. The van der Waals surface area contributed by atoms with Crippen molar-refractivity contribution >= 4 is 68.5 Å². The van der Waals surface area contributed by atoms with Gasteiger partial charge in [0.05, 0.1) is 75.0 Å². The van der Waals surface area contributed by atoms with Gasteiger partial charge < -0.3 is 9.80 Å². The topological polar surface area (TPSA) is 33.4 Å². The zero-order chi connectivity index (χ0) is 67.8. The lowest BCUT2D eigenvalue weighted by Gasteiger charge is -2.53. The number of pyridine rings is 3. The number of fused-ring (bicyclic) bond motifs is 10. The van der Waals surface area contributed by atoms with Gasteiger partial charge in [-0.05, 0) is 107 Å². The first kappa shape index (κ1) is 55.7. The second-order valence-electron chi connectivity index (χ2n) is 33.8. The standard InChI is InChI=1S/C48H39N5.C44H36N4/c1-45(2)30-17-10-11-21-36(30)52-38-23-13-22-37-39(38)48(51-27-29(26-50(37)51)28-15-8-7-9-16-28)40-42(52)34(45)25-35-43(40)53-41-31(18-12-19-32(41)47(35,5)6)46(3,4)33-20-14-24-49(48)44(33)53;1-41(2)26-15-7-8-20-33(26)47-34-21-11-14-25-32-19-9-10-22-45(32)44(35(25)34)36-38(47)30(41)24-31-39(36)48-37-27(16-12-17-28(37)43(31,5)6)42(3,4)29-18-13-23-46(44)40(29)48/h7-27H,1-6H3;7-24H,1-6H3/q2*+2. The third kappa shape index (κ3) is 5.60. The Morgan fingerprint density at radius 1 is 0.267 bits per heavy atom. The molecule has 0 radical (unpaired) electrons. The Balaban J connectivity index is 0.000000122. The summed E-state index contributed by atoms with van der Waals surface area (Å²) in [6.07, 6.45) is 11.9.